The number of rotatable bonds is 3. The molecule has 76 valence electrons. The summed E-state index contributed by atoms with van der Waals surface area (Å²) in [5.74, 6) is -0.532. The molecule has 1 aromatic rings. The highest BCUT2D eigenvalue weighted by atomic mass is 16.3. The number of carbonyl (C=O) groups is 1. The standard InChI is InChI=1S/C10H13NO3/c1-2-3-10(14)11-7-4-5-8(12)9(13)6-7/h4-6,12-13H,2-3H2,1H3,(H,11,14). The van der Waals surface area contributed by atoms with Gasteiger partial charge in [0.15, 0.2) is 11.5 Å². The van der Waals surface area contributed by atoms with E-state index < -0.39 is 0 Å². The summed E-state index contributed by atoms with van der Waals surface area (Å²) in [5.41, 5.74) is 0.485. The lowest BCUT2D eigenvalue weighted by Crippen LogP contribution is -2.10. The van der Waals surface area contributed by atoms with Crippen LogP contribution >= 0.6 is 0 Å². The molecule has 1 rings (SSSR count). The topological polar surface area (TPSA) is 69.6 Å². The molecule has 0 unspecified atom stereocenters. The Balaban J connectivity index is 2.68. The maximum absolute atomic E-state index is 11.2. The van der Waals surface area contributed by atoms with Crippen molar-refractivity contribution in [3.63, 3.8) is 0 Å². The summed E-state index contributed by atoms with van der Waals surface area (Å²) in [7, 11) is 0. The fraction of sp³-hybridized carbons (Fsp3) is 0.300. The van der Waals surface area contributed by atoms with Crippen LogP contribution in [0.4, 0.5) is 5.69 Å². The van der Waals surface area contributed by atoms with Gasteiger partial charge in [-0.15, -0.1) is 0 Å². The number of hydrogen-bond donors (Lipinski definition) is 3. The van der Waals surface area contributed by atoms with Gasteiger partial charge in [-0.2, -0.15) is 0 Å². The van der Waals surface area contributed by atoms with Crippen LogP contribution < -0.4 is 5.32 Å². The average molecular weight is 195 g/mol. The molecule has 0 aliphatic carbocycles. The zero-order valence-corrected chi connectivity index (χ0v) is 7.95. The summed E-state index contributed by atoms with van der Waals surface area (Å²) in [6.07, 6.45) is 1.22. The van der Waals surface area contributed by atoms with Gasteiger partial charge >= 0.3 is 0 Å². The van der Waals surface area contributed by atoms with Crippen LogP contribution in [0.25, 0.3) is 0 Å². The predicted molar refractivity (Wildman–Crippen MR) is 53.3 cm³/mol. The van der Waals surface area contributed by atoms with E-state index in [0.29, 0.717) is 12.1 Å². The first kappa shape index (κ1) is 10.4. The molecule has 4 heteroatoms. The fourth-order valence-corrected chi connectivity index (χ4v) is 1.05. The quantitative estimate of drug-likeness (QED) is 0.509. The van der Waals surface area contributed by atoms with Gasteiger partial charge in [0.25, 0.3) is 0 Å². The largest absolute Gasteiger partial charge is 0.504 e. The zero-order valence-electron chi connectivity index (χ0n) is 7.95. The molecule has 0 spiro atoms. The molecule has 14 heavy (non-hydrogen) atoms. The molecule has 1 amide bonds. The Morgan fingerprint density at radius 1 is 1.36 bits per heavy atom. The fourth-order valence-electron chi connectivity index (χ4n) is 1.05. The van der Waals surface area contributed by atoms with Crippen molar-refractivity contribution in [1.82, 2.24) is 0 Å². The third-order valence-corrected chi connectivity index (χ3v) is 1.74. The van der Waals surface area contributed by atoms with Crippen molar-refractivity contribution in [3.8, 4) is 11.5 Å². The van der Waals surface area contributed by atoms with Crippen LogP contribution in [0.15, 0.2) is 18.2 Å². The van der Waals surface area contributed by atoms with Gasteiger partial charge < -0.3 is 15.5 Å². The monoisotopic (exact) mass is 195 g/mol. The van der Waals surface area contributed by atoms with Gasteiger partial charge in [0.2, 0.25) is 5.91 Å². The number of anilines is 1. The van der Waals surface area contributed by atoms with Crippen LogP contribution in [0, 0.1) is 0 Å². The van der Waals surface area contributed by atoms with E-state index in [-0.39, 0.29) is 17.4 Å². The van der Waals surface area contributed by atoms with Crippen LogP contribution in [0.3, 0.4) is 0 Å². The Labute approximate surface area is 82.2 Å². The molecule has 0 aromatic heterocycles. The molecule has 3 N–H and O–H groups in total. The lowest BCUT2D eigenvalue weighted by Gasteiger charge is -2.05. The Bertz CT molecular complexity index is 336. The molecular weight excluding hydrogens is 182 g/mol. The molecule has 0 atom stereocenters. The van der Waals surface area contributed by atoms with Gasteiger partial charge in [0.05, 0.1) is 0 Å². The summed E-state index contributed by atoms with van der Waals surface area (Å²) in [4.78, 5) is 11.2. The summed E-state index contributed by atoms with van der Waals surface area (Å²) in [6, 6.07) is 4.17. The number of amides is 1. The van der Waals surface area contributed by atoms with Crippen LogP contribution in [-0.4, -0.2) is 16.1 Å². The molecule has 0 heterocycles. The average Bonchev–Trinajstić information content (AvgIpc) is 2.12. The Morgan fingerprint density at radius 2 is 2.07 bits per heavy atom. The first-order valence-electron chi connectivity index (χ1n) is 4.45. The van der Waals surface area contributed by atoms with Gasteiger partial charge in [-0.25, -0.2) is 0 Å². The molecule has 0 saturated heterocycles. The van der Waals surface area contributed by atoms with Gasteiger partial charge in [0.1, 0.15) is 0 Å². The number of carbonyl (C=O) groups excluding carboxylic acids is 1. The third-order valence-electron chi connectivity index (χ3n) is 1.74. The Morgan fingerprint density at radius 3 is 2.64 bits per heavy atom. The van der Waals surface area contributed by atoms with E-state index in [1.54, 1.807) is 0 Å². The van der Waals surface area contributed by atoms with Crippen LogP contribution in [0.2, 0.25) is 0 Å². The number of benzene rings is 1. The molecule has 0 radical (unpaired) electrons. The van der Waals surface area contributed by atoms with Gasteiger partial charge in [0, 0.05) is 18.2 Å². The van der Waals surface area contributed by atoms with Crippen LogP contribution in [-0.2, 0) is 4.79 Å². The van der Waals surface area contributed by atoms with Crippen molar-refractivity contribution in [2.45, 2.75) is 19.8 Å². The smallest absolute Gasteiger partial charge is 0.224 e. The molecule has 0 fully saturated rings. The highest BCUT2D eigenvalue weighted by Gasteiger charge is 2.03. The van der Waals surface area contributed by atoms with Crippen molar-refractivity contribution < 1.29 is 15.0 Å². The first-order chi connectivity index (χ1) is 6.63. The molecule has 0 aliphatic heterocycles. The minimum Gasteiger partial charge on any atom is -0.504 e. The maximum Gasteiger partial charge on any atom is 0.224 e. The number of nitrogens with one attached hydrogen (secondary N) is 1. The van der Waals surface area contributed by atoms with Crippen molar-refractivity contribution in [3.05, 3.63) is 18.2 Å². The second-order valence-electron chi connectivity index (χ2n) is 3.00. The van der Waals surface area contributed by atoms with Gasteiger partial charge in [-0.05, 0) is 18.6 Å². The second kappa shape index (κ2) is 4.50. The predicted octanol–water partition coefficient (Wildman–Crippen LogP) is 1.84. The third kappa shape index (κ3) is 2.65. The molecule has 0 saturated carbocycles. The van der Waals surface area contributed by atoms with E-state index in [9.17, 15) is 4.79 Å². The van der Waals surface area contributed by atoms with E-state index in [1.807, 2.05) is 6.92 Å². The van der Waals surface area contributed by atoms with E-state index in [2.05, 4.69) is 5.32 Å². The van der Waals surface area contributed by atoms with Crippen LogP contribution in [0.1, 0.15) is 19.8 Å². The van der Waals surface area contributed by atoms with Gasteiger partial charge in [-0.3, -0.25) is 4.79 Å². The minimum absolute atomic E-state index is 0.0995. The summed E-state index contributed by atoms with van der Waals surface area (Å²) in [6.45, 7) is 1.91. The number of phenolic OH excluding ortho intramolecular Hbond substituents is 2. The van der Waals surface area contributed by atoms with E-state index >= 15 is 0 Å². The van der Waals surface area contributed by atoms with Gasteiger partial charge in [-0.1, -0.05) is 6.92 Å². The van der Waals surface area contributed by atoms with E-state index in [1.165, 1.54) is 18.2 Å². The number of phenols is 2. The maximum atomic E-state index is 11.2. The Hall–Kier alpha value is -1.71. The molecule has 0 bridgehead atoms. The number of aromatic hydroxyl groups is 2. The summed E-state index contributed by atoms with van der Waals surface area (Å²) < 4.78 is 0. The second-order valence-corrected chi connectivity index (χ2v) is 3.00. The van der Waals surface area contributed by atoms with Crippen molar-refractivity contribution in [1.29, 1.82) is 0 Å². The normalized spacial score (nSPS) is 9.79. The summed E-state index contributed by atoms with van der Waals surface area (Å²) in [5, 5.41) is 20.8. The Kier molecular flexibility index (Phi) is 3.34. The van der Waals surface area contributed by atoms with E-state index in [4.69, 9.17) is 10.2 Å². The number of hydrogen-bond acceptors (Lipinski definition) is 3. The summed E-state index contributed by atoms with van der Waals surface area (Å²) >= 11 is 0. The molecule has 4 nitrogen and oxygen atoms in total. The molecular formula is C10H13NO3. The highest BCUT2D eigenvalue weighted by Crippen LogP contribution is 2.27. The lowest BCUT2D eigenvalue weighted by atomic mass is 10.2. The van der Waals surface area contributed by atoms with Crippen molar-refractivity contribution in [2.75, 3.05) is 5.32 Å². The van der Waals surface area contributed by atoms with Crippen molar-refractivity contribution in [2.24, 2.45) is 0 Å². The zero-order chi connectivity index (χ0) is 10.6. The lowest BCUT2D eigenvalue weighted by molar-refractivity contribution is -0.116. The minimum atomic E-state index is -0.237. The van der Waals surface area contributed by atoms with E-state index in [0.717, 1.165) is 6.42 Å². The SMILES string of the molecule is CCCC(=O)Nc1ccc(O)c(O)c1. The first-order valence-corrected chi connectivity index (χ1v) is 4.45. The molecule has 1 aromatic carbocycles. The highest BCUT2D eigenvalue weighted by molar-refractivity contribution is 5.90. The van der Waals surface area contributed by atoms with Crippen molar-refractivity contribution >= 4 is 11.6 Å². The molecule has 0 aliphatic rings. The van der Waals surface area contributed by atoms with Crippen LogP contribution in [0.5, 0.6) is 11.5 Å².